The van der Waals surface area contributed by atoms with Crippen molar-refractivity contribution in [2.45, 2.75) is 0 Å². The number of nitrogens with zero attached hydrogens (tertiary/aromatic N) is 2. The molecule has 0 unspecified atom stereocenters. The van der Waals surface area contributed by atoms with Gasteiger partial charge in [-0.2, -0.15) is 0 Å². The van der Waals surface area contributed by atoms with E-state index in [4.69, 9.17) is 9.40 Å². The zero-order chi connectivity index (χ0) is 33.7. The molecule has 0 aliphatic rings. The molecule has 0 aliphatic carbocycles. The minimum absolute atomic E-state index is 0.846. The summed E-state index contributed by atoms with van der Waals surface area (Å²) in [4.78, 5) is 7.30. The van der Waals surface area contributed by atoms with Crippen LogP contribution >= 0.6 is 11.3 Å². The highest BCUT2D eigenvalue weighted by molar-refractivity contribution is 7.21. The normalized spacial score (nSPS) is 11.5. The maximum absolute atomic E-state index is 6.44. The molecule has 2 heterocycles. The van der Waals surface area contributed by atoms with E-state index in [0.29, 0.717) is 0 Å². The summed E-state index contributed by atoms with van der Waals surface area (Å²) < 4.78 is 7.58. The predicted molar refractivity (Wildman–Crippen MR) is 215 cm³/mol. The van der Waals surface area contributed by atoms with Crippen LogP contribution in [0.1, 0.15) is 0 Å². The largest absolute Gasteiger partial charge is 0.456 e. The summed E-state index contributed by atoms with van der Waals surface area (Å²) in [7, 11) is 0. The summed E-state index contributed by atoms with van der Waals surface area (Å²) in [6.07, 6.45) is 0. The summed E-state index contributed by atoms with van der Waals surface area (Å²) in [6, 6.07) is 64.6. The van der Waals surface area contributed by atoms with Crippen LogP contribution in [-0.2, 0) is 0 Å². The summed E-state index contributed by atoms with van der Waals surface area (Å²) in [5.41, 5.74) is 11.8. The van der Waals surface area contributed by atoms with Gasteiger partial charge in [-0.1, -0.05) is 121 Å². The lowest BCUT2D eigenvalue weighted by atomic mass is 10.0. The van der Waals surface area contributed by atoms with Gasteiger partial charge in [-0.3, -0.25) is 0 Å². The smallest absolute Gasteiger partial charge is 0.137 e. The van der Waals surface area contributed by atoms with E-state index in [0.717, 1.165) is 59.8 Å². The highest BCUT2D eigenvalue weighted by Gasteiger charge is 2.18. The fraction of sp³-hybridized carbons (Fsp3) is 0. The van der Waals surface area contributed by atoms with E-state index in [1.807, 2.05) is 6.07 Å². The second-order valence-electron chi connectivity index (χ2n) is 12.8. The Morgan fingerprint density at radius 2 is 0.961 bits per heavy atom. The van der Waals surface area contributed by atoms with Crippen molar-refractivity contribution in [1.82, 2.24) is 4.98 Å². The average molecular weight is 671 g/mol. The van der Waals surface area contributed by atoms with Crippen molar-refractivity contribution < 1.29 is 4.42 Å². The minimum atomic E-state index is 0.846. The molecule has 240 valence electrons. The summed E-state index contributed by atoms with van der Waals surface area (Å²) in [5, 5.41) is 5.58. The second-order valence-corrected chi connectivity index (χ2v) is 13.9. The van der Waals surface area contributed by atoms with Crippen molar-refractivity contribution in [3.8, 4) is 32.8 Å². The van der Waals surface area contributed by atoms with Gasteiger partial charge in [0.15, 0.2) is 0 Å². The molecule has 0 spiro atoms. The van der Waals surface area contributed by atoms with E-state index in [-0.39, 0.29) is 0 Å². The Morgan fingerprint density at radius 3 is 1.71 bits per heavy atom. The maximum atomic E-state index is 6.44. The van der Waals surface area contributed by atoms with Gasteiger partial charge in [-0.05, 0) is 87.6 Å². The molecular weight excluding hydrogens is 641 g/mol. The van der Waals surface area contributed by atoms with Crippen LogP contribution in [0.15, 0.2) is 186 Å². The van der Waals surface area contributed by atoms with Crippen LogP contribution in [0.25, 0.3) is 75.8 Å². The lowest BCUT2D eigenvalue weighted by Crippen LogP contribution is -2.09. The zero-order valence-corrected chi connectivity index (χ0v) is 28.3. The number of fused-ring (bicyclic) bond motifs is 5. The van der Waals surface area contributed by atoms with Crippen LogP contribution in [0.5, 0.6) is 0 Å². The van der Waals surface area contributed by atoms with E-state index in [2.05, 4.69) is 181 Å². The highest BCUT2D eigenvalue weighted by Crippen LogP contribution is 2.42. The fourth-order valence-electron chi connectivity index (χ4n) is 7.09. The lowest BCUT2D eigenvalue weighted by Gasteiger charge is -2.26. The summed E-state index contributed by atoms with van der Waals surface area (Å²) >= 11 is 1.72. The molecule has 3 nitrogen and oxygen atoms in total. The molecule has 10 aromatic rings. The summed E-state index contributed by atoms with van der Waals surface area (Å²) in [6.45, 7) is 0. The molecule has 0 fully saturated rings. The van der Waals surface area contributed by atoms with E-state index >= 15 is 0 Å². The summed E-state index contributed by atoms with van der Waals surface area (Å²) in [5.74, 6) is 0. The molecule has 2 aromatic heterocycles. The molecule has 0 amide bonds. The monoisotopic (exact) mass is 670 g/mol. The Kier molecular flexibility index (Phi) is 7.00. The molecule has 0 atom stereocenters. The van der Waals surface area contributed by atoms with Crippen LogP contribution in [0, 0.1) is 0 Å². The lowest BCUT2D eigenvalue weighted by molar-refractivity contribution is 0.669. The van der Waals surface area contributed by atoms with Crippen LogP contribution in [0.3, 0.4) is 0 Å². The van der Waals surface area contributed by atoms with Crippen molar-refractivity contribution in [3.63, 3.8) is 0 Å². The standard InChI is InChI=1S/C47H30N2OS/c1-4-10-31(11-5-1)33-18-21-38(22-19-33)49(39-23-20-36-26-35(16-17-37(36)27-39)32-12-6-2-7-13-32)40-24-25-44-41(28-40)42-29-46-43(30-45(42)50-44)48-47(51-46)34-14-8-3-9-15-34/h1-30H. The van der Waals surface area contributed by atoms with E-state index in [1.54, 1.807) is 11.3 Å². The third kappa shape index (κ3) is 5.34. The Balaban J connectivity index is 1.11. The second kappa shape index (κ2) is 12.1. The van der Waals surface area contributed by atoms with Crippen molar-refractivity contribution >= 4 is 71.3 Å². The highest BCUT2D eigenvalue weighted by atomic mass is 32.1. The molecule has 4 heteroatoms. The first-order valence-electron chi connectivity index (χ1n) is 17.1. The van der Waals surface area contributed by atoms with E-state index in [1.165, 1.54) is 33.0 Å². The van der Waals surface area contributed by atoms with Gasteiger partial charge in [-0.25, -0.2) is 4.98 Å². The molecule has 51 heavy (non-hydrogen) atoms. The number of aromatic nitrogens is 1. The SMILES string of the molecule is c1ccc(-c2ccc(N(c3ccc4cc(-c5ccccc5)ccc4c3)c3ccc4oc5cc6nc(-c7ccccc7)sc6cc5c4c3)cc2)cc1. The minimum Gasteiger partial charge on any atom is -0.456 e. The number of rotatable bonds is 6. The molecule has 8 aromatic carbocycles. The van der Waals surface area contributed by atoms with Crippen molar-refractivity contribution in [2.24, 2.45) is 0 Å². The van der Waals surface area contributed by atoms with Crippen LogP contribution < -0.4 is 4.90 Å². The molecule has 0 N–H and O–H groups in total. The predicted octanol–water partition coefficient (Wildman–Crippen LogP) is 13.8. The van der Waals surface area contributed by atoms with Gasteiger partial charge in [0, 0.05) is 39.5 Å². The third-order valence-corrected chi connectivity index (χ3v) is 10.7. The number of thiazole rings is 1. The van der Waals surface area contributed by atoms with Gasteiger partial charge in [0.25, 0.3) is 0 Å². The number of furan rings is 1. The molecule has 10 rings (SSSR count). The molecule has 0 saturated heterocycles. The van der Waals surface area contributed by atoms with Crippen molar-refractivity contribution in [3.05, 3.63) is 182 Å². The fourth-order valence-corrected chi connectivity index (χ4v) is 8.08. The van der Waals surface area contributed by atoms with Gasteiger partial charge >= 0.3 is 0 Å². The first-order valence-corrected chi connectivity index (χ1v) is 17.9. The number of anilines is 3. The molecule has 0 radical (unpaired) electrons. The Morgan fingerprint density at radius 1 is 0.412 bits per heavy atom. The number of benzene rings is 8. The van der Waals surface area contributed by atoms with Gasteiger partial charge in [-0.15, -0.1) is 11.3 Å². The van der Waals surface area contributed by atoms with Gasteiger partial charge in [0.2, 0.25) is 0 Å². The topological polar surface area (TPSA) is 29.3 Å². The Bertz CT molecular complexity index is 2840. The van der Waals surface area contributed by atoms with E-state index < -0.39 is 0 Å². The van der Waals surface area contributed by atoms with Crippen LogP contribution in [0.4, 0.5) is 17.1 Å². The van der Waals surface area contributed by atoms with Crippen LogP contribution in [-0.4, -0.2) is 4.98 Å². The van der Waals surface area contributed by atoms with Gasteiger partial charge in [0.1, 0.15) is 16.2 Å². The Hall–Kier alpha value is -6.49. The van der Waals surface area contributed by atoms with E-state index in [9.17, 15) is 0 Å². The Labute approximate surface area is 299 Å². The average Bonchev–Trinajstić information content (AvgIpc) is 3.78. The van der Waals surface area contributed by atoms with Crippen molar-refractivity contribution in [2.75, 3.05) is 4.90 Å². The number of hydrogen-bond donors (Lipinski definition) is 0. The molecule has 0 aliphatic heterocycles. The third-order valence-electron chi connectivity index (χ3n) is 9.66. The van der Waals surface area contributed by atoms with Crippen molar-refractivity contribution in [1.29, 1.82) is 0 Å². The first kappa shape index (κ1) is 29.4. The zero-order valence-electron chi connectivity index (χ0n) is 27.5. The molecular formula is C47H30N2OS. The van der Waals surface area contributed by atoms with Gasteiger partial charge < -0.3 is 9.32 Å². The van der Waals surface area contributed by atoms with Gasteiger partial charge in [0.05, 0.1) is 10.2 Å². The van der Waals surface area contributed by atoms with Crippen LogP contribution in [0.2, 0.25) is 0 Å². The first-order chi connectivity index (χ1) is 25.2. The molecule has 0 bridgehead atoms. The maximum Gasteiger partial charge on any atom is 0.137 e. The number of hydrogen-bond acceptors (Lipinski definition) is 4. The quantitative estimate of drug-likeness (QED) is 0.176. The molecule has 0 saturated carbocycles.